The maximum atomic E-state index is 9.39. The number of rotatable bonds is 8. The standard InChI is InChI=1S/C19H28N4O/c1-2-20-18(22-14-19(15-24)9-10-19)21-11-5-12-23-13-8-16-6-3-4-7-17(16)23/h3-4,6-8,13,24H,2,5,9-12,14-15H2,1H3,(H2,20,21,22). The normalized spacial score (nSPS) is 16.3. The summed E-state index contributed by atoms with van der Waals surface area (Å²) >= 11 is 0. The molecule has 5 heteroatoms. The third kappa shape index (κ3) is 4.09. The van der Waals surface area contributed by atoms with E-state index in [0.717, 1.165) is 44.9 Å². The van der Waals surface area contributed by atoms with Gasteiger partial charge >= 0.3 is 0 Å². The summed E-state index contributed by atoms with van der Waals surface area (Å²) in [7, 11) is 0. The van der Waals surface area contributed by atoms with Gasteiger partial charge in [0.15, 0.2) is 5.96 Å². The number of aliphatic hydroxyl groups excluding tert-OH is 1. The van der Waals surface area contributed by atoms with Gasteiger partial charge in [0.25, 0.3) is 0 Å². The first-order chi connectivity index (χ1) is 11.8. The Bertz CT molecular complexity index is 687. The van der Waals surface area contributed by atoms with Crippen molar-refractivity contribution in [1.82, 2.24) is 15.2 Å². The lowest BCUT2D eigenvalue weighted by atomic mass is 10.1. The van der Waals surface area contributed by atoms with E-state index in [-0.39, 0.29) is 12.0 Å². The van der Waals surface area contributed by atoms with Gasteiger partial charge in [0.2, 0.25) is 0 Å². The van der Waals surface area contributed by atoms with Crippen molar-refractivity contribution in [2.45, 2.75) is 32.7 Å². The van der Waals surface area contributed by atoms with Gasteiger partial charge in [-0.25, -0.2) is 0 Å². The van der Waals surface area contributed by atoms with Crippen LogP contribution >= 0.6 is 0 Å². The van der Waals surface area contributed by atoms with Crippen LogP contribution in [0.4, 0.5) is 0 Å². The van der Waals surface area contributed by atoms with E-state index in [1.807, 2.05) is 0 Å². The second kappa shape index (κ2) is 7.71. The zero-order chi connectivity index (χ0) is 16.8. The topological polar surface area (TPSA) is 61.6 Å². The largest absolute Gasteiger partial charge is 0.396 e. The molecule has 2 aromatic rings. The van der Waals surface area contributed by atoms with E-state index < -0.39 is 0 Å². The molecule has 1 aliphatic carbocycles. The number of guanidine groups is 1. The van der Waals surface area contributed by atoms with Crippen LogP contribution in [0.15, 0.2) is 41.5 Å². The Hall–Kier alpha value is -2.01. The minimum absolute atomic E-state index is 0.0619. The van der Waals surface area contributed by atoms with Gasteiger partial charge in [0.1, 0.15) is 0 Å². The Kier molecular flexibility index (Phi) is 5.41. The smallest absolute Gasteiger partial charge is 0.191 e. The maximum Gasteiger partial charge on any atom is 0.191 e. The number of aliphatic hydroxyl groups is 1. The van der Waals surface area contributed by atoms with Gasteiger partial charge in [-0.3, -0.25) is 4.99 Å². The highest BCUT2D eigenvalue weighted by atomic mass is 16.3. The van der Waals surface area contributed by atoms with E-state index in [9.17, 15) is 5.11 Å². The van der Waals surface area contributed by atoms with Crippen LogP contribution in [0.5, 0.6) is 0 Å². The second-order valence-electron chi connectivity index (χ2n) is 6.70. The Morgan fingerprint density at radius 3 is 2.83 bits per heavy atom. The molecular formula is C19H28N4O. The summed E-state index contributed by atoms with van der Waals surface area (Å²) < 4.78 is 2.30. The van der Waals surface area contributed by atoms with Crippen LogP contribution in [0.3, 0.4) is 0 Å². The minimum Gasteiger partial charge on any atom is -0.396 e. The lowest BCUT2D eigenvalue weighted by Crippen LogP contribution is -2.38. The first-order valence-electron chi connectivity index (χ1n) is 8.93. The van der Waals surface area contributed by atoms with E-state index in [1.54, 1.807) is 0 Å². The molecule has 0 atom stereocenters. The van der Waals surface area contributed by atoms with E-state index in [0.29, 0.717) is 6.54 Å². The lowest BCUT2D eigenvalue weighted by molar-refractivity contribution is 0.217. The second-order valence-corrected chi connectivity index (χ2v) is 6.70. The molecule has 24 heavy (non-hydrogen) atoms. The van der Waals surface area contributed by atoms with Crippen LogP contribution < -0.4 is 10.6 Å². The Morgan fingerprint density at radius 1 is 1.25 bits per heavy atom. The van der Waals surface area contributed by atoms with Crippen LogP contribution in [0, 0.1) is 5.41 Å². The summed E-state index contributed by atoms with van der Waals surface area (Å²) in [5.74, 6) is 0.856. The molecule has 0 bridgehead atoms. The van der Waals surface area contributed by atoms with Crippen molar-refractivity contribution in [3.05, 3.63) is 36.5 Å². The molecule has 1 heterocycles. The predicted octanol–water partition coefficient (Wildman–Crippen LogP) is 2.36. The van der Waals surface area contributed by atoms with Crippen molar-refractivity contribution in [2.24, 2.45) is 10.4 Å². The fourth-order valence-electron chi connectivity index (χ4n) is 2.92. The number of benzene rings is 1. The number of nitrogens with zero attached hydrogens (tertiary/aromatic N) is 2. The summed E-state index contributed by atoms with van der Waals surface area (Å²) in [6.07, 6.45) is 5.37. The third-order valence-electron chi connectivity index (χ3n) is 4.76. The molecule has 0 saturated heterocycles. The summed E-state index contributed by atoms with van der Waals surface area (Å²) in [5.41, 5.74) is 1.35. The van der Waals surface area contributed by atoms with Crippen LogP contribution in [-0.4, -0.2) is 41.9 Å². The highest BCUT2D eigenvalue weighted by Crippen LogP contribution is 2.45. The molecule has 0 amide bonds. The highest BCUT2D eigenvalue weighted by molar-refractivity contribution is 5.80. The van der Waals surface area contributed by atoms with Crippen LogP contribution in [0.2, 0.25) is 0 Å². The van der Waals surface area contributed by atoms with Crippen LogP contribution in [-0.2, 0) is 6.54 Å². The molecule has 3 N–H and O–H groups in total. The zero-order valence-electron chi connectivity index (χ0n) is 14.5. The van der Waals surface area contributed by atoms with E-state index >= 15 is 0 Å². The maximum absolute atomic E-state index is 9.39. The molecular weight excluding hydrogens is 300 g/mol. The molecule has 1 aliphatic rings. The quantitative estimate of drug-likeness (QED) is 0.396. The molecule has 0 radical (unpaired) electrons. The summed E-state index contributed by atoms with van der Waals surface area (Å²) in [6, 6.07) is 10.6. The van der Waals surface area contributed by atoms with E-state index in [2.05, 4.69) is 63.6 Å². The van der Waals surface area contributed by atoms with Crippen LogP contribution in [0.25, 0.3) is 10.9 Å². The Morgan fingerprint density at radius 2 is 2.08 bits per heavy atom. The van der Waals surface area contributed by atoms with Gasteiger partial charge in [-0.2, -0.15) is 0 Å². The molecule has 1 fully saturated rings. The molecule has 130 valence electrons. The Balaban J connectivity index is 1.47. The highest BCUT2D eigenvalue weighted by Gasteiger charge is 2.41. The molecule has 1 aromatic heterocycles. The van der Waals surface area contributed by atoms with E-state index in [4.69, 9.17) is 0 Å². The first kappa shape index (κ1) is 16.8. The fraction of sp³-hybridized carbons (Fsp3) is 0.526. The van der Waals surface area contributed by atoms with Crippen molar-refractivity contribution in [1.29, 1.82) is 0 Å². The first-order valence-corrected chi connectivity index (χ1v) is 8.93. The molecule has 0 aliphatic heterocycles. The third-order valence-corrected chi connectivity index (χ3v) is 4.76. The van der Waals surface area contributed by atoms with Crippen molar-refractivity contribution >= 4 is 16.9 Å². The number of hydrogen-bond acceptors (Lipinski definition) is 2. The van der Waals surface area contributed by atoms with Gasteiger partial charge in [-0.05, 0) is 43.7 Å². The SMILES string of the molecule is CCNC(=NCC1(CO)CC1)NCCCn1ccc2ccccc21. The average Bonchev–Trinajstić information content (AvgIpc) is 3.29. The summed E-state index contributed by atoms with van der Waals surface area (Å²) in [6.45, 7) is 5.74. The number of fused-ring (bicyclic) bond motifs is 1. The lowest BCUT2D eigenvalue weighted by Gasteiger charge is -2.14. The van der Waals surface area contributed by atoms with E-state index in [1.165, 1.54) is 10.9 Å². The number of aryl methyl sites for hydroxylation is 1. The molecule has 1 aromatic carbocycles. The number of hydrogen-bond donors (Lipinski definition) is 3. The van der Waals surface area contributed by atoms with Crippen molar-refractivity contribution in [2.75, 3.05) is 26.2 Å². The molecule has 0 spiro atoms. The monoisotopic (exact) mass is 328 g/mol. The van der Waals surface area contributed by atoms with Crippen molar-refractivity contribution < 1.29 is 5.11 Å². The summed E-state index contributed by atoms with van der Waals surface area (Å²) in [5, 5.41) is 17.4. The molecule has 5 nitrogen and oxygen atoms in total. The predicted molar refractivity (Wildman–Crippen MR) is 99.3 cm³/mol. The van der Waals surface area contributed by atoms with Crippen molar-refractivity contribution in [3.63, 3.8) is 0 Å². The fourth-order valence-corrected chi connectivity index (χ4v) is 2.92. The number of aliphatic imine (C=N–C) groups is 1. The molecule has 3 rings (SSSR count). The molecule has 1 saturated carbocycles. The van der Waals surface area contributed by atoms with Gasteiger partial charge in [0.05, 0.1) is 13.2 Å². The number of nitrogens with one attached hydrogen (secondary N) is 2. The van der Waals surface area contributed by atoms with Crippen molar-refractivity contribution in [3.8, 4) is 0 Å². The van der Waals surface area contributed by atoms with Gasteiger partial charge in [-0.15, -0.1) is 0 Å². The van der Waals surface area contributed by atoms with Crippen LogP contribution in [0.1, 0.15) is 26.2 Å². The minimum atomic E-state index is 0.0619. The number of para-hydroxylation sites is 1. The number of aromatic nitrogens is 1. The van der Waals surface area contributed by atoms with Gasteiger partial charge in [-0.1, -0.05) is 18.2 Å². The zero-order valence-corrected chi connectivity index (χ0v) is 14.5. The Labute approximate surface area is 143 Å². The van der Waals surface area contributed by atoms with Gasteiger partial charge < -0.3 is 20.3 Å². The average molecular weight is 328 g/mol. The van der Waals surface area contributed by atoms with Gasteiger partial charge in [0, 0.05) is 36.8 Å². The molecule has 0 unspecified atom stereocenters. The summed E-state index contributed by atoms with van der Waals surface area (Å²) in [4.78, 5) is 4.63.